The SMILES string of the molecule is Cc1noc(C)c1CN=C1NC2(CCCCC2)CS1. The molecule has 0 radical (unpaired) electrons. The molecule has 1 saturated carbocycles. The Bertz CT molecular complexity index is 469. The van der Waals surface area contributed by atoms with Crippen molar-refractivity contribution >= 4 is 16.9 Å². The maximum absolute atomic E-state index is 5.17. The summed E-state index contributed by atoms with van der Waals surface area (Å²) < 4.78 is 5.17. The molecular formula is C14H21N3OS. The molecule has 2 fully saturated rings. The average molecular weight is 279 g/mol. The van der Waals surface area contributed by atoms with Crippen LogP contribution in [0.15, 0.2) is 9.52 Å². The van der Waals surface area contributed by atoms with Gasteiger partial charge in [-0.05, 0) is 26.7 Å². The van der Waals surface area contributed by atoms with Gasteiger partial charge in [0.05, 0.1) is 12.2 Å². The number of thioether (sulfide) groups is 1. The third-order valence-corrected chi connectivity index (χ3v) is 5.43. The van der Waals surface area contributed by atoms with Crippen LogP contribution in [0.2, 0.25) is 0 Å². The molecule has 0 aromatic carbocycles. The number of aryl methyl sites for hydroxylation is 2. The van der Waals surface area contributed by atoms with E-state index in [2.05, 4.69) is 10.5 Å². The van der Waals surface area contributed by atoms with Crippen molar-refractivity contribution in [3.8, 4) is 0 Å². The maximum Gasteiger partial charge on any atom is 0.157 e. The van der Waals surface area contributed by atoms with Crippen molar-refractivity contribution in [1.29, 1.82) is 0 Å². The van der Waals surface area contributed by atoms with Crippen LogP contribution in [-0.2, 0) is 6.54 Å². The van der Waals surface area contributed by atoms with Crippen LogP contribution in [0.25, 0.3) is 0 Å². The fraction of sp³-hybridized carbons (Fsp3) is 0.714. The van der Waals surface area contributed by atoms with Crippen molar-refractivity contribution in [2.45, 2.75) is 58.0 Å². The lowest BCUT2D eigenvalue weighted by Crippen LogP contribution is -2.45. The smallest absolute Gasteiger partial charge is 0.157 e. The molecular weight excluding hydrogens is 258 g/mol. The Hall–Kier alpha value is -0.970. The van der Waals surface area contributed by atoms with Gasteiger partial charge in [0.1, 0.15) is 5.76 Å². The first kappa shape index (κ1) is 13.0. The van der Waals surface area contributed by atoms with Gasteiger partial charge in [0, 0.05) is 16.9 Å². The highest BCUT2D eigenvalue weighted by atomic mass is 32.2. The summed E-state index contributed by atoms with van der Waals surface area (Å²) in [5, 5.41) is 8.74. The molecule has 1 saturated heterocycles. The van der Waals surface area contributed by atoms with E-state index >= 15 is 0 Å². The van der Waals surface area contributed by atoms with Gasteiger partial charge < -0.3 is 9.84 Å². The van der Waals surface area contributed by atoms with Crippen LogP contribution in [-0.4, -0.2) is 21.6 Å². The van der Waals surface area contributed by atoms with Gasteiger partial charge in [-0.3, -0.25) is 4.99 Å². The first-order valence-corrected chi connectivity index (χ1v) is 8.04. The Morgan fingerprint density at radius 1 is 1.32 bits per heavy atom. The molecule has 1 aliphatic carbocycles. The lowest BCUT2D eigenvalue weighted by atomic mass is 9.83. The summed E-state index contributed by atoms with van der Waals surface area (Å²) >= 11 is 1.87. The minimum Gasteiger partial charge on any atom is -0.361 e. The summed E-state index contributed by atoms with van der Waals surface area (Å²) in [6.45, 7) is 4.60. The van der Waals surface area contributed by atoms with Crippen LogP contribution >= 0.6 is 11.8 Å². The predicted octanol–water partition coefficient (Wildman–Crippen LogP) is 3.19. The van der Waals surface area contributed by atoms with E-state index in [0.717, 1.165) is 22.2 Å². The molecule has 1 spiro atoms. The van der Waals surface area contributed by atoms with Crippen LogP contribution in [0.3, 0.4) is 0 Å². The van der Waals surface area contributed by atoms with Gasteiger partial charge in [-0.15, -0.1) is 0 Å². The zero-order valence-corrected chi connectivity index (χ0v) is 12.5. The number of nitrogens with one attached hydrogen (secondary N) is 1. The third kappa shape index (κ3) is 2.66. The second-order valence-electron chi connectivity index (χ2n) is 5.68. The van der Waals surface area contributed by atoms with E-state index in [1.54, 1.807) is 0 Å². The molecule has 2 heterocycles. The van der Waals surface area contributed by atoms with E-state index in [4.69, 9.17) is 9.52 Å². The molecule has 2 aliphatic rings. The molecule has 104 valence electrons. The van der Waals surface area contributed by atoms with Gasteiger partial charge >= 0.3 is 0 Å². The molecule has 19 heavy (non-hydrogen) atoms. The van der Waals surface area contributed by atoms with Crippen molar-refractivity contribution in [2.24, 2.45) is 4.99 Å². The van der Waals surface area contributed by atoms with Crippen molar-refractivity contribution in [2.75, 3.05) is 5.75 Å². The lowest BCUT2D eigenvalue weighted by Gasteiger charge is -2.32. The monoisotopic (exact) mass is 279 g/mol. The molecule has 0 atom stereocenters. The topological polar surface area (TPSA) is 50.4 Å². The standard InChI is InChI=1S/C14H21N3OS/c1-10-12(11(2)18-17-10)8-15-13-16-14(9-19-13)6-4-3-5-7-14/h3-9H2,1-2H3,(H,15,16). The number of amidine groups is 1. The van der Waals surface area contributed by atoms with Gasteiger partial charge in [0.25, 0.3) is 0 Å². The molecule has 0 bridgehead atoms. The average Bonchev–Trinajstić information content (AvgIpc) is 2.94. The van der Waals surface area contributed by atoms with E-state index < -0.39 is 0 Å². The van der Waals surface area contributed by atoms with Crippen LogP contribution in [0.5, 0.6) is 0 Å². The van der Waals surface area contributed by atoms with Crippen molar-refractivity contribution in [3.63, 3.8) is 0 Å². The largest absolute Gasteiger partial charge is 0.361 e. The molecule has 1 aliphatic heterocycles. The number of rotatable bonds is 2. The molecule has 1 aromatic rings. The Morgan fingerprint density at radius 3 is 2.79 bits per heavy atom. The van der Waals surface area contributed by atoms with E-state index in [-0.39, 0.29) is 0 Å². The van der Waals surface area contributed by atoms with Crippen LogP contribution < -0.4 is 5.32 Å². The summed E-state index contributed by atoms with van der Waals surface area (Å²) in [4.78, 5) is 4.71. The minimum absolute atomic E-state index is 0.334. The van der Waals surface area contributed by atoms with Crippen LogP contribution in [0.1, 0.15) is 49.1 Å². The Balaban J connectivity index is 1.66. The number of hydrogen-bond acceptors (Lipinski definition) is 4. The lowest BCUT2D eigenvalue weighted by molar-refractivity contribution is 0.303. The number of aromatic nitrogens is 1. The predicted molar refractivity (Wildman–Crippen MR) is 78.5 cm³/mol. The van der Waals surface area contributed by atoms with Gasteiger partial charge in [0.2, 0.25) is 0 Å². The van der Waals surface area contributed by atoms with E-state index in [1.165, 1.54) is 37.9 Å². The molecule has 5 heteroatoms. The van der Waals surface area contributed by atoms with Crippen molar-refractivity contribution in [3.05, 3.63) is 17.0 Å². The quantitative estimate of drug-likeness (QED) is 0.903. The Labute approximate surface area is 118 Å². The summed E-state index contributed by atoms with van der Waals surface area (Å²) in [6.07, 6.45) is 6.68. The van der Waals surface area contributed by atoms with Crippen molar-refractivity contribution in [1.82, 2.24) is 10.5 Å². The van der Waals surface area contributed by atoms with Crippen LogP contribution in [0, 0.1) is 13.8 Å². The first-order valence-electron chi connectivity index (χ1n) is 7.06. The Morgan fingerprint density at radius 2 is 2.11 bits per heavy atom. The van der Waals surface area contributed by atoms with Gasteiger partial charge in [-0.1, -0.05) is 36.2 Å². The number of nitrogens with zero attached hydrogens (tertiary/aromatic N) is 2. The maximum atomic E-state index is 5.17. The molecule has 0 unspecified atom stereocenters. The fourth-order valence-electron chi connectivity index (χ4n) is 2.97. The van der Waals surface area contributed by atoms with Crippen molar-refractivity contribution < 1.29 is 4.52 Å². The van der Waals surface area contributed by atoms with Crippen LogP contribution in [0.4, 0.5) is 0 Å². The highest BCUT2D eigenvalue weighted by Gasteiger charge is 2.37. The molecule has 4 nitrogen and oxygen atoms in total. The molecule has 0 amide bonds. The molecule has 1 aromatic heterocycles. The fourth-order valence-corrected chi connectivity index (χ4v) is 4.19. The first-order chi connectivity index (χ1) is 9.19. The summed E-state index contributed by atoms with van der Waals surface area (Å²) in [6, 6.07) is 0. The second-order valence-corrected chi connectivity index (χ2v) is 6.64. The zero-order chi connectivity index (χ0) is 13.3. The Kier molecular flexibility index (Phi) is 3.56. The number of aliphatic imine (C=N–C) groups is 1. The van der Waals surface area contributed by atoms with Gasteiger partial charge in [-0.25, -0.2) is 0 Å². The summed E-state index contributed by atoms with van der Waals surface area (Å²) in [5.74, 6) is 2.06. The highest BCUT2D eigenvalue weighted by Crippen LogP contribution is 2.36. The summed E-state index contributed by atoms with van der Waals surface area (Å²) in [7, 11) is 0. The van der Waals surface area contributed by atoms with E-state index in [0.29, 0.717) is 12.1 Å². The molecule has 1 N–H and O–H groups in total. The van der Waals surface area contributed by atoms with E-state index in [9.17, 15) is 0 Å². The third-order valence-electron chi connectivity index (χ3n) is 4.23. The van der Waals surface area contributed by atoms with E-state index in [1.807, 2.05) is 25.6 Å². The van der Waals surface area contributed by atoms with Gasteiger partial charge in [0.15, 0.2) is 5.17 Å². The summed E-state index contributed by atoms with van der Waals surface area (Å²) in [5.41, 5.74) is 2.41. The highest BCUT2D eigenvalue weighted by molar-refractivity contribution is 8.14. The normalized spacial score (nSPS) is 24.0. The molecule has 3 rings (SSSR count). The zero-order valence-electron chi connectivity index (χ0n) is 11.7. The van der Waals surface area contributed by atoms with Gasteiger partial charge in [-0.2, -0.15) is 0 Å². The second kappa shape index (κ2) is 5.19. The number of hydrogen-bond donors (Lipinski definition) is 1. The minimum atomic E-state index is 0.334.